The van der Waals surface area contributed by atoms with Crippen molar-refractivity contribution in [2.24, 2.45) is 0 Å². The van der Waals surface area contributed by atoms with Crippen molar-refractivity contribution in [3.63, 3.8) is 0 Å². The van der Waals surface area contributed by atoms with Crippen LogP contribution in [0.5, 0.6) is 0 Å². The molecule has 1 saturated heterocycles. The number of hydrogen-bond donors (Lipinski definition) is 1. The van der Waals surface area contributed by atoms with Gasteiger partial charge in [-0.1, -0.05) is 24.3 Å². The topological polar surface area (TPSA) is 74.2 Å². The molecule has 1 unspecified atom stereocenters. The van der Waals surface area contributed by atoms with Crippen LogP contribution in [0.1, 0.15) is 25.5 Å². The summed E-state index contributed by atoms with van der Waals surface area (Å²) >= 11 is 0. The Balaban J connectivity index is 1.43. The summed E-state index contributed by atoms with van der Waals surface area (Å²) in [7, 11) is 0. The van der Waals surface area contributed by atoms with Gasteiger partial charge in [0.15, 0.2) is 0 Å². The third-order valence-corrected chi connectivity index (χ3v) is 5.22. The van der Waals surface area contributed by atoms with E-state index in [9.17, 15) is 4.79 Å². The maximum atomic E-state index is 11.1. The number of rotatable bonds is 4. The highest BCUT2D eigenvalue weighted by atomic mass is 16.1. The van der Waals surface area contributed by atoms with Gasteiger partial charge in [-0.25, -0.2) is 9.97 Å². The molecule has 7 nitrogen and oxygen atoms in total. The zero-order valence-corrected chi connectivity index (χ0v) is 16.2. The van der Waals surface area contributed by atoms with Gasteiger partial charge in [0, 0.05) is 50.7 Å². The maximum Gasteiger partial charge on any atom is 0.225 e. The number of carbonyl (C=O) groups is 1. The zero-order valence-electron chi connectivity index (χ0n) is 16.2. The second-order valence-corrected chi connectivity index (χ2v) is 7.07. The number of para-hydroxylation sites is 1. The number of anilines is 2. The average molecular weight is 376 g/mol. The minimum absolute atomic E-state index is 0.123. The predicted octanol–water partition coefficient (Wildman–Crippen LogP) is 2.87. The number of benzene rings is 1. The van der Waals surface area contributed by atoms with Crippen LogP contribution in [0.4, 0.5) is 11.6 Å². The molecule has 2 aromatic heterocycles. The van der Waals surface area contributed by atoms with Gasteiger partial charge in [-0.3, -0.25) is 14.7 Å². The van der Waals surface area contributed by atoms with Gasteiger partial charge in [0.05, 0.1) is 23.6 Å². The molecule has 3 heterocycles. The number of hydrogen-bond acceptors (Lipinski definition) is 6. The van der Waals surface area contributed by atoms with Gasteiger partial charge in [-0.15, -0.1) is 0 Å². The molecule has 4 rings (SSSR count). The molecule has 0 aliphatic carbocycles. The van der Waals surface area contributed by atoms with Crippen molar-refractivity contribution in [3.05, 3.63) is 54.5 Å². The molecular weight excluding hydrogens is 352 g/mol. The maximum absolute atomic E-state index is 11.1. The number of amides is 1. The lowest BCUT2D eigenvalue weighted by Crippen LogP contribution is -2.47. The van der Waals surface area contributed by atoms with Crippen LogP contribution in [-0.2, 0) is 4.79 Å². The van der Waals surface area contributed by atoms with E-state index >= 15 is 0 Å². The Hall–Kier alpha value is -3.06. The molecule has 0 saturated carbocycles. The van der Waals surface area contributed by atoms with E-state index in [4.69, 9.17) is 0 Å². The number of aromatic nitrogens is 3. The number of nitrogens with zero attached hydrogens (tertiary/aromatic N) is 5. The lowest BCUT2D eigenvalue weighted by Gasteiger charge is -2.38. The van der Waals surface area contributed by atoms with E-state index in [-0.39, 0.29) is 5.91 Å². The van der Waals surface area contributed by atoms with Crippen molar-refractivity contribution in [2.75, 3.05) is 36.4 Å². The minimum atomic E-state index is -0.123. The fourth-order valence-electron chi connectivity index (χ4n) is 3.72. The molecule has 0 spiro atoms. The summed E-state index contributed by atoms with van der Waals surface area (Å²) in [6.45, 7) is 7.31. The monoisotopic (exact) mass is 376 g/mol. The molecule has 3 aromatic rings. The Bertz CT molecular complexity index is 961. The first-order valence-electron chi connectivity index (χ1n) is 9.54. The molecule has 1 amide bonds. The zero-order chi connectivity index (χ0) is 19.5. The van der Waals surface area contributed by atoms with Crippen molar-refractivity contribution in [1.82, 2.24) is 19.9 Å². The molecule has 7 heteroatoms. The first kappa shape index (κ1) is 18.3. The summed E-state index contributed by atoms with van der Waals surface area (Å²) < 4.78 is 0. The van der Waals surface area contributed by atoms with Crippen LogP contribution in [0.15, 0.2) is 48.9 Å². The molecule has 0 radical (unpaired) electrons. The average Bonchev–Trinajstić information content (AvgIpc) is 2.73. The number of piperazine rings is 1. The Kier molecular flexibility index (Phi) is 5.16. The van der Waals surface area contributed by atoms with E-state index in [2.05, 4.69) is 61.3 Å². The van der Waals surface area contributed by atoms with Crippen LogP contribution in [0.2, 0.25) is 0 Å². The minimum Gasteiger partial charge on any atom is -0.338 e. The normalized spacial score (nSPS) is 16.1. The summed E-state index contributed by atoms with van der Waals surface area (Å²) in [4.78, 5) is 29.2. The van der Waals surface area contributed by atoms with Crippen molar-refractivity contribution < 1.29 is 4.79 Å². The predicted molar refractivity (Wildman–Crippen MR) is 110 cm³/mol. The number of pyridine rings is 1. The van der Waals surface area contributed by atoms with Crippen LogP contribution < -0.4 is 10.2 Å². The second-order valence-electron chi connectivity index (χ2n) is 7.07. The summed E-state index contributed by atoms with van der Waals surface area (Å²) in [5.41, 5.74) is 2.96. The highest BCUT2D eigenvalue weighted by Crippen LogP contribution is 2.27. The van der Waals surface area contributed by atoms with Gasteiger partial charge in [0.2, 0.25) is 11.9 Å². The van der Waals surface area contributed by atoms with Crippen molar-refractivity contribution in [2.45, 2.75) is 19.9 Å². The van der Waals surface area contributed by atoms with E-state index < -0.39 is 0 Å². The Morgan fingerprint density at radius 2 is 1.75 bits per heavy atom. The molecule has 1 aliphatic rings. The highest BCUT2D eigenvalue weighted by molar-refractivity contribution is 5.88. The first-order valence-corrected chi connectivity index (χ1v) is 9.54. The molecule has 1 N–H and O–H groups in total. The smallest absolute Gasteiger partial charge is 0.225 e. The third-order valence-electron chi connectivity index (χ3n) is 5.22. The van der Waals surface area contributed by atoms with Gasteiger partial charge in [0.1, 0.15) is 0 Å². The fraction of sp³-hybridized carbons (Fsp3) is 0.333. The largest absolute Gasteiger partial charge is 0.338 e. The van der Waals surface area contributed by atoms with E-state index in [1.54, 1.807) is 12.4 Å². The van der Waals surface area contributed by atoms with Crippen LogP contribution in [0.25, 0.3) is 10.9 Å². The van der Waals surface area contributed by atoms with Crippen molar-refractivity contribution in [3.8, 4) is 0 Å². The fourth-order valence-corrected chi connectivity index (χ4v) is 3.72. The Labute approximate surface area is 164 Å². The third kappa shape index (κ3) is 3.80. The quantitative estimate of drug-likeness (QED) is 0.755. The SMILES string of the molecule is CC(=O)Nc1cnc(N2CCN(C(C)c3cccc4cccnc34)CC2)nc1. The summed E-state index contributed by atoms with van der Waals surface area (Å²) in [6.07, 6.45) is 5.17. The Morgan fingerprint density at radius 1 is 1.04 bits per heavy atom. The summed E-state index contributed by atoms with van der Waals surface area (Å²) in [5, 5.41) is 3.87. The molecule has 1 aliphatic heterocycles. The van der Waals surface area contributed by atoms with Gasteiger partial charge in [-0.2, -0.15) is 0 Å². The van der Waals surface area contributed by atoms with E-state index in [0.29, 0.717) is 17.7 Å². The van der Waals surface area contributed by atoms with E-state index in [0.717, 1.165) is 31.7 Å². The molecule has 0 bridgehead atoms. The van der Waals surface area contributed by atoms with Gasteiger partial charge >= 0.3 is 0 Å². The Morgan fingerprint density at radius 3 is 2.46 bits per heavy atom. The van der Waals surface area contributed by atoms with Gasteiger partial charge in [-0.05, 0) is 18.6 Å². The molecule has 144 valence electrons. The lowest BCUT2D eigenvalue weighted by molar-refractivity contribution is -0.114. The molecule has 1 atom stereocenters. The van der Waals surface area contributed by atoms with Crippen molar-refractivity contribution in [1.29, 1.82) is 0 Å². The van der Waals surface area contributed by atoms with Crippen LogP contribution in [0.3, 0.4) is 0 Å². The number of fused-ring (bicyclic) bond motifs is 1. The second kappa shape index (κ2) is 7.90. The standard InChI is InChI=1S/C21H24N6O/c1-15(19-7-3-5-17-6-4-8-22-20(17)19)26-9-11-27(12-10-26)21-23-13-18(14-24-21)25-16(2)28/h3-8,13-15H,9-12H2,1-2H3,(H,25,28). The van der Waals surface area contributed by atoms with Crippen molar-refractivity contribution >= 4 is 28.4 Å². The van der Waals surface area contributed by atoms with E-state index in [1.807, 2.05) is 12.3 Å². The van der Waals surface area contributed by atoms with E-state index in [1.165, 1.54) is 17.9 Å². The highest BCUT2D eigenvalue weighted by Gasteiger charge is 2.24. The van der Waals surface area contributed by atoms with Gasteiger partial charge < -0.3 is 10.2 Å². The number of nitrogens with one attached hydrogen (secondary N) is 1. The number of carbonyl (C=O) groups excluding carboxylic acids is 1. The van der Waals surface area contributed by atoms with Gasteiger partial charge in [0.25, 0.3) is 0 Å². The van der Waals surface area contributed by atoms with Crippen LogP contribution >= 0.6 is 0 Å². The first-order chi connectivity index (χ1) is 13.6. The summed E-state index contributed by atoms with van der Waals surface area (Å²) in [5.74, 6) is 0.579. The molecule has 1 fully saturated rings. The van der Waals surface area contributed by atoms with Crippen LogP contribution in [0, 0.1) is 0 Å². The molecule has 1 aromatic carbocycles. The molecular formula is C21H24N6O. The molecule has 28 heavy (non-hydrogen) atoms. The lowest BCUT2D eigenvalue weighted by atomic mass is 10.0. The summed E-state index contributed by atoms with van der Waals surface area (Å²) in [6, 6.07) is 10.8. The van der Waals surface area contributed by atoms with Crippen LogP contribution in [-0.4, -0.2) is 51.9 Å².